The molecule has 2 heterocycles. The highest BCUT2D eigenvalue weighted by atomic mass is 16.5. The third kappa shape index (κ3) is 4.60. The quantitative estimate of drug-likeness (QED) is 0.555. The van der Waals surface area contributed by atoms with Crippen molar-refractivity contribution in [3.05, 3.63) is 71.9 Å². The second-order valence-corrected chi connectivity index (χ2v) is 9.62. The Kier molecular flexibility index (Phi) is 6.68. The molecular formula is C28H33N3O3. The van der Waals surface area contributed by atoms with E-state index >= 15 is 0 Å². The van der Waals surface area contributed by atoms with Gasteiger partial charge in [0.05, 0.1) is 18.6 Å². The lowest BCUT2D eigenvalue weighted by Crippen LogP contribution is -2.47. The van der Waals surface area contributed by atoms with Crippen LogP contribution in [-0.4, -0.2) is 54.5 Å². The van der Waals surface area contributed by atoms with Crippen molar-refractivity contribution in [3.63, 3.8) is 0 Å². The minimum Gasteiger partial charge on any atom is -0.378 e. The molecule has 2 aliphatic rings. The van der Waals surface area contributed by atoms with Gasteiger partial charge in [-0.25, -0.2) is 0 Å². The Hall–Kier alpha value is -3.12. The highest BCUT2D eigenvalue weighted by molar-refractivity contribution is 5.89. The molecule has 2 fully saturated rings. The van der Waals surface area contributed by atoms with Gasteiger partial charge < -0.3 is 19.9 Å². The van der Waals surface area contributed by atoms with Crippen molar-refractivity contribution in [3.8, 4) is 0 Å². The van der Waals surface area contributed by atoms with Crippen LogP contribution in [0.4, 0.5) is 0 Å². The third-order valence-corrected chi connectivity index (χ3v) is 7.56. The van der Waals surface area contributed by atoms with Crippen molar-refractivity contribution >= 4 is 22.7 Å². The van der Waals surface area contributed by atoms with Crippen molar-refractivity contribution < 1.29 is 14.3 Å². The Morgan fingerprint density at radius 1 is 1.00 bits per heavy atom. The van der Waals surface area contributed by atoms with E-state index in [-0.39, 0.29) is 17.7 Å². The number of carbonyl (C=O) groups excluding carboxylic acids is 2. The first-order chi connectivity index (χ1) is 16.7. The van der Waals surface area contributed by atoms with Crippen LogP contribution < -0.4 is 5.32 Å². The Balaban J connectivity index is 1.35. The van der Waals surface area contributed by atoms with Crippen LogP contribution in [0.15, 0.2) is 60.8 Å². The zero-order valence-electron chi connectivity index (χ0n) is 19.6. The number of hydrogen-bond acceptors (Lipinski definition) is 3. The molecule has 2 N–H and O–H groups in total. The number of H-pyrrole nitrogens is 1. The Morgan fingerprint density at radius 2 is 1.71 bits per heavy atom. The van der Waals surface area contributed by atoms with Crippen molar-refractivity contribution in [1.82, 2.24) is 15.2 Å². The fourth-order valence-corrected chi connectivity index (χ4v) is 5.61. The number of para-hydroxylation sites is 1. The van der Waals surface area contributed by atoms with Crippen LogP contribution in [0.1, 0.15) is 49.1 Å². The van der Waals surface area contributed by atoms with Gasteiger partial charge in [-0.2, -0.15) is 0 Å². The maximum absolute atomic E-state index is 13.6. The molecule has 1 saturated heterocycles. The Bertz CT molecular complexity index is 1130. The van der Waals surface area contributed by atoms with E-state index < -0.39 is 5.41 Å². The molecule has 2 amide bonds. The fraction of sp³-hybridized carbons (Fsp3) is 0.429. The van der Waals surface area contributed by atoms with Crippen molar-refractivity contribution in [2.45, 2.75) is 38.0 Å². The molecule has 1 aliphatic carbocycles. The van der Waals surface area contributed by atoms with Gasteiger partial charge in [-0.15, -0.1) is 0 Å². The molecule has 1 atom stereocenters. The smallest absolute Gasteiger partial charge is 0.226 e. The van der Waals surface area contributed by atoms with Gasteiger partial charge in [-0.05, 0) is 30.0 Å². The van der Waals surface area contributed by atoms with E-state index in [2.05, 4.69) is 40.8 Å². The zero-order valence-corrected chi connectivity index (χ0v) is 19.6. The zero-order chi connectivity index (χ0) is 23.4. The summed E-state index contributed by atoms with van der Waals surface area (Å²) in [5, 5.41) is 4.45. The molecule has 1 saturated carbocycles. The van der Waals surface area contributed by atoms with Gasteiger partial charge in [-0.1, -0.05) is 61.4 Å². The molecule has 1 aliphatic heterocycles. The van der Waals surface area contributed by atoms with E-state index in [1.807, 2.05) is 35.2 Å². The lowest BCUT2D eigenvalue weighted by atomic mass is 9.80. The molecular weight excluding hydrogens is 426 g/mol. The summed E-state index contributed by atoms with van der Waals surface area (Å²) in [6.45, 7) is 2.89. The largest absolute Gasteiger partial charge is 0.378 e. The average molecular weight is 460 g/mol. The molecule has 1 aromatic heterocycles. The first kappa shape index (κ1) is 22.7. The van der Waals surface area contributed by atoms with Crippen LogP contribution in [0.25, 0.3) is 10.9 Å². The molecule has 0 radical (unpaired) electrons. The molecule has 6 heteroatoms. The first-order valence-corrected chi connectivity index (χ1v) is 12.4. The number of hydrogen-bond donors (Lipinski definition) is 2. The normalized spacial score (nSPS) is 18.6. The van der Waals surface area contributed by atoms with Crippen LogP contribution in [0, 0.1) is 5.41 Å². The number of nitrogens with zero attached hydrogens (tertiary/aromatic N) is 1. The predicted octanol–water partition coefficient (Wildman–Crippen LogP) is 4.23. The standard InChI is InChI=1S/C28H33N3O3/c32-26(31-14-16-34-17-15-31)18-28(12-6-7-13-28)27(33)30-19-23(21-8-2-1-3-9-21)24-20-29-25-11-5-4-10-22(24)25/h1-5,8-11,20,23,29H,6-7,12-19H2,(H,30,33)/t23-/m0/s1. The summed E-state index contributed by atoms with van der Waals surface area (Å²) < 4.78 is 5.39. The maximum Gasteiger partial charge on any atom is 0.226 e. The summed E-state index contributed by atoms with van der Waals surface area (Å²) in [5.74, 6) is 0.124. The highest BCUT2D eigenvalue weighted by Gasteiger charge is 2.43. The molecule has 34 heavy (non-hydrogen) atoms. The summed E-state index contributed by atoms with van der Waals surface area (Å²) in [7, 11) is 0. The SMILES string of the molecule is O=C(CC1(C(=O)NC[C@@H](c2ccccc2)c2c[nH]c3ccccc23)CCCC1)N1CCOCC1. The van der Waals surface area contributed by atoms with Crippen molar-refractivity contribution in [2.75, 3.05) is 32.8 Å². The monoisotopic (exact) mass is 459 g/mol. The van der Waals surface area contributed by atoms with Gasteiger partial charge in [0.25, 0.3) is 0 Å². The highest BCUT2D eigenvalue weighted by Crippen LogP contribution is 2.42. The minimum absolute atomic E-state index is 0.0207. The number of carbonyl (C=O) groups is 2. The van der Waals surface area contributed by atoms with Crippen molar-refractivity contribution in [1.29, 1.82) is 0 Å². The van der Waals surface area contributed by atoms with Gasteiger partial charge in [0.1, 0.15) is 0 Å². The summed E-state index contributed by atoms with van der Waals surface area (Å²) >= 11 is 0. The molecule has 6 nitrogen and oxygen atoms in total. The van der Waals surface area contributed by atoms with E-state index in [1.165, 1.54) is 10.9 Å². The fourth-order valence-electron chi connectivity index (χ4n) is 5.61. The topological polar surface area (TPSA) is 74.4 Å². The molecule has 0 unspecified atom stereocenters. The molecule has 0 spiro atoms. The number of morpholine rings is 1. The van der Waals surface area contributed by atoms with Gasteiger partial charge in [-0.3, -0.25) is 9.59 Å². The number of amides is 2. The van der Waals surface area contributed by atoms with Crippen LogP contribution >= 0.6 is 0 Å². The molecule has 2 aromatic carbocycles. The lowest BCUT2D eigenvalue weighted by Gasteiger charge is -2.33. The van der Waals surface area contributed by atoms with E-state index in [4.69, 9.17) is 4.74 Å². The predicted molar refractivity (Wildman–Crippen MR) is 133 cm³/mol. The van der Waals surface area contributed by atoms with Crippen LogP contribution in [0.2, 0.25) is 0 Å². The number of aromatic nitrogens is 1. The van der Waals surface area contributed by atoms with E-state index in [1.54, 1.807) is 0 Å². The number of aromatic amines is 1. The maximum atomic E-state index is 13.6. The Labute approximate surface area is 200 Å². The van der Waals surface area contributed by atoms with Crippen LogP contribution in [0.3, 0.4) is 0 Å². The lowest BCUT2D eigenvalue weighted by molar-refractivity contribution is -0.143. The number of nitrogens with one attached hydrogen (secondary N) is 2. The van der Waals surface area contributed by atoms with Crippen LogP contribution in [-0.2, 0) is 14.3 Å². The first-order valence-electron chi connectivity index (χ1n) is 12.4. The average Bonchev–Trinajstić information content (AvgIpc) is 3.54. The molecule has 0 bridgehead atoms. The van der Waals surface area contributed by atoms with E-state index in [9.17, 15) is 9.59 Å². The molecule has 5 rings (SSSR count). The van der Waals surface area contributed by atoms with E-state index in [0.717, 1.165) is 36.8 Å². The van der Waals surface area contributed by atoms with E-state index in [0.29, 0.717) is 39.3 Å². The second-order valence-electron chi connectivity index (χ2n) is 9.62. The van der Waals surface area contributed by atoms with Crippen LogP contribution in [0.5, 0.6) is 0 Å². The number of rotatable bonds is 7. The summed E-state index contributed by atoms with van der Waals surface area (Å²) in [5.41, 5.74) is 2.83. The number of ether oxygens (including phenoxy) is 1. The van der Waals surface area contributed by atoms with Gasteiger partial charge >= 0.3 is 0 Å². The minimum atomic E-state index is -0.600. The molecule has 3 aromatic rings. The van der Waals surface area contributed by atoms with Gasteiger partial charge in [0, 0.05) is 49.1 Å². The van der Waals surface area contributed by atoms with Crippen molar-refractivity contribution in [2.24, 2.45) is 5.41 Å². The number of fused-ring (bicyclic) bond motifs is 1. The second kappa shape index (κ2) is 10.0. The summed E-state index contributed by atoms with van der Waals surface area (Å²) in [4.78, 5) is 31.9. The van der Waals surface area contributed by atoms with Gasteiger partial charge in [0.15, 0.2) is 0 Å². The number of benzene rings is 2. The molecule has 178 valence electrons. The van der Waals surface area contributed by atoms with Gasteiger partial charge in [0.2, 0.25) is 11.8 Å². The summed E-state index contributed by atoms with van der Waals surface area (Å²) in [6, 6.07) is 18.6. The summed E-state index contributed by atoms with van der Waals surface area (Å²) in [6.07, 6.45) is 5.89. The Morgan fingerprint density at radius 3 is 2.47 bits per heavy atom. The third-order valence-electron chi connectivity index (χ3n) is 7.56.